The van der Waals surface area contributed by atoms with Gasteiger partial charge in [0.15, 0.2) is 5.17 Å². The van der Waals surface area contributed by atoms with Crippen molar-refractivity contribution in [1.82, 2.24) is 14.5 Å². The zero-order valence-corrected chi connectivity index (χ0v) is 23.7. The first kappa shape index (κ1) is 26.0. The maximum absolute atomic E-state index is 13.8. The number of aryl methyl sites for hydroxylation is 1. The molecule has 0 radical (unpaired) electrons. The fraction of sp³-hybridized carbons (Fsp3) is 0.125. The molecular formula is C32H27ClN4O2S. The van der Waals surface area contributed by atoms with Crippen LogP contribution in [0.1, 0.15) is 16.8 Å². The second-order valence-electron chi connectivity index (χ2n) is 9.51. The van der Waals surface area contributed by atoms with Gasteiger partial charge in [0.2, 0.25) is 0 Å². The molecule has 1 saturated heterocycles. The number of para-hydroxylation sites is 1. The van der Waals surface area contributed by atoms with Gasteiger partial charge in [0, 0.05) is 46.2 Å². The van der Waals surface area contributed by atoms with E-state index in [9.17, 15) is 4.79 Å². The van der Waals surface area contributed by atoms with Crippen LogP contribution in [0, 0.1) is 6.92 Å². The lowest BCUT2D eigenvalue weighted by atomic mass is 10.1. The third kappa shape index (κ3) is 5.18. The van der Waals surface area contributed by atoms with Crippen molar-refractivity contribution in [3.05, 3.63) is 118 Å². The van der Waals surface area contributed by atoms with Gasteiger partial charge in [0.1, 0.15) is 5.75 Å². The van der Waals surface area contributed by atoms with Crippen LogP contribution in [-0.2, 0) is 11.2 Å². The zero-order valence-electron chi connectivity index (χ0n) is 22.1. The van der Waals surface area contributed by atoms with Crippen LogP contribution in [0.5, 0.6) is 5.75 Å². The number of benzene rings is 3. The third-order valence-electron chi connectivity index (χ3n) is 6.96. The highest BCUT2D eigenvalue weighted by atomic mass is 35.5. The van der Waals surface area contributed by atoms with E-state index in [1.165, 1.54) is 22.7 Å². The number of aromatic nitrogens is 2. The molecule has 5 aromatic rings. The second kappa shape index (κ2) is 11.1. The van der Waals surface area contributed by atoms with E-state index in [1.54, 1.807) is 12.0 Å². The lowest BCUT2D eigenvalue weighted by Crippen LogP contribution is -2.31. The van der Waals surface area contributed by atoms with Crippen LogP contribution >= 0.6 is 23.4 Å². The molecule has 3 aromatic carbocycles. The lowest BCUT2D eigenvalue weighted by Gasteiger charge is -2.15. The summed E-state index contributed by atoms with van der Waals surface area (Å²) < 4.78 is 7.32. The van der Waals surface area contributed by atoms with Crippen molar-refractivity contribution in [3.8, 4) is 11.4 Å². The van der Waals surface area contributed by atoms with E-state index >= 15 is 0 Å². The molecule has 40 heavy (non-hydrogen) atoms. The number of carbonyl (C=O) groups excluding carboxylic acids is 1. The van der Waals surface area contributed by atoms with E-state index in [-0.39, 0.29) is 5.91 Å². The number of thioether (sulfide) groups is 1. The van der Waals surface area contributed by atoms with Crippen LogP contribution in [0.4, 0.5) is 5.69 Å². The second-order valence-corrected chi connectivity index (χ2v) is 10.9. The number of amidine groups is 1. The standard InChI is InChI=1S/C32H27ClN4O2S/c1-21-9-12-25(18-28(21)33)36-16-5-6-24(36)19-30-31(38)37(17-15-22-20-34-29-8-4-3-7-27(22)29)32(40-30)35-23-10-13-26(39-2)14-11-23/h3-14,16,18-20,34H,15,17H2,1-2H3/b30-19-,35-32?. The molecule has 0 bridgehead atoms. The van der Waals surface area contributed by atoms with E-state index < -0.39 is 0 Å². The van der Waals surface area contributed by atoms with Crippen molar-refractivity contribution >= 4 is 57.1 Å². The molecule has 6 nitrogen and oxygen atoms in total. The number of carbonyl (C=O) groups is 1. The number of ether oxygens (including phenoxy) is 1. The Kier molecular flexibility index (Phi) is 7.24. The SMILES string of the molecule is COc1ccc(N=C2S/C(=C\c3cccn3-c3ccc(C)c(Cl)c3)C(=O)N2CCc2c[nH]c3ccccc23)cc1. The highest BCUT2D eigenvalue weighted by Crippen LogP contribution is 2.35. The molecule has 0 aliphatic carbocycles. The van der Waals surface area contributed by atoms with Gasteiger partial charge in [0.05, 0.1) is 17.7 Å². The van der Waals surface area contributed by atoms with Crippen molar-refractivity contribution in [2.24, 2.45) is 4.99 Å². The molecule has 0 spiro atoms. The quantitative estimate of drug-likeness (QED) is 0.205. The summed E-state index contributed by atoms with van der Waals surface area (Å²) in [6.45, 7) is 2.49. The van der Waals surface area contributed by atoms with E-state index in [0.717, 1.165) is 33.9 Å². The topological polar surface area (TPSA) is 62.6 Å². The number of nitrogens with zero attached hydrogens (tertiary/aromatic N) is 3. The Morgan fingerprint density at radius 2 is 1.88 bits per heavy atom. The van der Waals surface area contributed by atoms with Gasteiger partial charge in [-0.05, 0) is 96.9 Å². The predicted octanol–water partition coefficient (Wildman–Crippen LogP) is 7.78. The molecule has 1 aliphatic rings. The molecule has 8 heteroatoms. The van der Waals surface area contributed by atoms with E-state index in [4.69, 9.17) is 21.3 Å². The van der Waals surface area contributed by atoms with Crippen molar-refractivity contribution < 1.29 is 9.53 Å². The van der Waals surface area contributed by atoms with Crippen molar-refractivity contribution in [1.29, 1.82) is 0 Å². The van der Waals surface area contributed by atoms with Gasteiger partial charge in [-0.25, -0.2) is 4.99 Å². The Balaban J connectivity index is 1.33. The average molecular weight is 567 g/mol. The highest BCUT2D eigenvalue weighted by molar-refractivity contribution is 8.18. The first-order chi connectivity index (χ1) is 19.5. The summed E-state index contributed by atoms with van der Waals surface area (Å²) in [6, 6.07) is 25.6. The Morgan fingerprint density at radius 3 is 2.67 bits per heavy atom. The van der Waals surface area contributed by atoms with Crippen molar-refractivity contribution in [2.45, 2.75) is 13.3 Å². The van der Waals surface area contributed by atoms with Crippen LogP contribution in [0.15, 0.2) is 101 Å². The number of H-pyrrole nitrogens is 1. The molecule has 6 rings (SSSR count). The molecule has 1 aliphatic heterocycles. The number of hydrogen-bond acceptors (Lipinski definition) is 4. The average Bonchev–Trinajstić information content (AvgIpc) is 3.68. The number of aromatic amines is 1. The molecule has 3 heterocycles. The van der Waals surface area contributed by atoms with E-state index in [1.807, 2.05) is 96.7 Å². The van der Waals surface area contributed by atoms with Crippen LogP contribution < -0.4 is 4.74 Å². The molecule has 1 amide bonds. The van der Waals surface area contributed by atoms with E-state index in [2.05, 4.69) is 17.1 Å². The lowest BCUT2D eigenvalue weighted by molar-refractivity contribution is -0.122. The minimum atomic E-state index is -0.0632. The molecular weight excluding hydrogens is 540 g/mol. The van der Waals surface area contributed by atoms with Crippen molar-refractivity contribution in [3.63, 3.8) is 0 Å². The number of rotatable bonds is 7. The minimum Gasteiger partial charge on any atom is -0.497 e. The monoisotopic (exact) mass is 566 g/mol. The van der Waals surface area contributed by atoms with Gasteiger partial charge in [-0.3, -0.25) is 9.69 Å². The Bertz CT molecular complexity index is 1770. The van der Waals surface area contributed by atoms with Crippen LogP contribution in [0.2, 0.25) is 5.02 Å². The van der Waals surface area contributed by atoms with Gasteiger partial charge >= 0.3 is 0 Å². The summed E-state index contributed by atoms with van der Waals surface area (Å²) in [4.78, 5) is 24.4. The largest absolute Gasteiger partial charge is 0.497 e. The molecule has 200 valence electrons. The summed E-state index contributed by atoms with van der Waals surface area (Å²) in [7, 11) is 1.64. The van der Waals surface area contributed by atoms with Crippen molar-refractivity contribution in [2.75, 3.05) is 13.7 Å². The minimum absolute atomic E-state index is 0.0632. The summed E-state index contributed by atoms with van der Waals surface area (Å²) in [5, 5.41) is 2.52. The Labute approximate surface area is 241 Å². The Hall–Kier alpha value is -4.20. The first-order valence-electron chi connectivity index (χ1n) is 12.9. The number of aliphatic imine (C=N–C) groups is 1. The maximum atomic E-state index is 13.8. The third-order valence-corrected chi connectivity index (χ3v) is 8.37. The number of methoxy groups -OCH3 is 1. The summed E-state index contributed by atoms with van der Waals surface area (Å²) in [6.07, 6.45) is 6.62. The number of halogens is 1. The van der Waals surface area contributed by atoms with Gasteiger partial charge in [-0.1, -0.05) is 35.9 Å². The predicted molar refractivity (Wildman–Crippen MR) is 165 cm³/mol. The Morgan fingerprint density at radius 1 is 1.05 bits per heavy atom. The van der Waals surface area contributed by atoms with Gasteiger partial charge in [0.25, 0.3) is 5.91 Å². The smallest absolute Gasteiger partial charge is 0.266 e. The van der Waals surface area contributed by atoms with Gasteiger partial charge in [-0.15, -0.1) is 0 Å². The van der Waals surface area contributed by atoms with Crippen LogP contribution in [0.25, 0.3) is 22.7 Å². The normalized spacial score (nSPS) is 15.6. The molecule has 0 unspecified atom stereocenters. The maximum Gasteiger partial charge on any atom is 0.266 e. The van der Waals surface area contributed by atoms with E-state index in [0.29, 0.717) is 28.1 Å². The first-order valence-corrected chi connectivity index (χ1v) is 14.1. The molecule has 1 N–H and O–H groups in total. The summed E-state index contributed by atoms with van der Waals surface area (Å²) >= 11 is 7.79. The van der Waals surface area contributed by atoms with Crippen LogP contribution in [0.3, 0.4) is 0 Å². The number of hydrogen-bond donors (Lipinski definition) is 1. The summed E-state index contributed by atoms with van der Waals surface area (Å²) in [5.41, 5.74) is 5.85. The number of fused-ring (bicyclic) bond motifs is 1. The number of amides is 1. The van der Waals surface area contributed by atoms with Crippen LogP contribution in [-0.4, -0.2) is 39.2 Å². The number of nitrogens with one attached hydrogen (secondary N) is 1. The molecule has 2 aromatic heterocycles. The van der Waals surface area contributed by atoms with Gasteiger partial charge in [-0.2, -0.15) is 0 Å². The highest BCUT2D eigenvalue weighted by Gasteiger charge is 2.33. The molecule has 1 fully saturated rings. The fourth-order valence-corrected chi connectivity index (χ4v) is 5.92. The fourth-order valence-electron chi connectivity index (χ4n) is 4.74. The summed E-state index contributed by atoms with van der Waals surface area (Å²) in [5.74, 6) is 0.694. The van der Waals surface area contributed by atoms with Gasteiger partial charge < -0.3 is 14.3 Å². The molecule has 0 saturated carbocycles. The molecule has 0 atom stereocenters. The zero-order chi connectivity index (χ0) is 27.6.